The first kappa shape index (κ1) is 16.7. The molecule has 1 aliphatic heterocycles. The van der Waals surface area contributed by atoms with E-state index in [0.717, 1.165) is 31.0 Å². The van der Waals surface area contributed by atoms with Gasteiger partial charge in [0.2, 0.25) is 0 Å². The summed E-state index contributed by atoms with van der Waals surface area (Å²) in [4.78, 5) is 15.5. The van der Waals surface area contributed by atoms with Crippen molar-refractivity contribution in [2.45, 2.75) is 31.7 Å². The summed E-state index contributed by atoms with van der Waals surface area (Å²) in [7, 11) is 1.69. The van der Waals surface area contributed by atoms with Crippen molar-refractivity contribution >= 4 is 17.6 Å². The number of nitrogens with zero attached hydrogens (tertiary/aromatic N) is 5. The summed E-state index contributed by atoms with van der Waals surface area (Å²) < 4.78 is 0. The number of urea groups is 1. The van der Waals surface area contributed by atoms with Crippen molar-refractivity contribution in [2.24, 2.45) is 7.05 Å². The average molecular weight is 349 g/mol. The first-order valence-corrected chi connectivity index (χ1v) is 8.36. The van der Waals surface area contributed by atoms with Gasteiger partial charge >= 0.3 is 6.03 Å². The second-order valence-corrected chi connectivity index (χ2v) is 6.84. The topological polar surface area (TPSA) is 75.9 Å². The van der Waals surface area contributed by atoms with E-state index in [2.05, 4.69) is 39.8 Å². The Balaban J connectivity index is 1.54. The minimum atomic E-state index is -0.0828. The highest BCUT2D eigenvalue weighted by atomic mass is 35.5. The van der Waals surface area contributed by atoms with Crippen molar-refractivity contribution in [3.63, 3.8) is 0 Å². The van der Waals surface area contributed by atoms with Crippen molar-refractivity contribution in [2.75, 3.05) is 13.1 Å². The van der Waals surface area contributed by atoms with E-state index in [1.165, 1.54) is 10.4 Å². The van der Waals surface area contributed by atoms with Crippen LogP contribution in [0.2, 0.25) is 5.02 Å². The molecule has 1 aromatic heterocycles. The molecule has 2 heterocycles. The van der Waals surface area contributed by atoms with E-state index in [4.69, 9.17) is 11.6 Å². The lowest BCUT2D eigenvalue weighted by atomic mass is 9.74. The Morgan fingerprint density at radius 3 is 2.54 bits per heavy atom. The molecule has 24 heavy (non-hydrogen) atoms. The predicted octanol–water partition coefficient (Wildman–Crippen LogP) is 2.13. The van der Waals surface area contributed by atoms with Gasteiger partial charge in [-0.1, -0.05) is 30.7 Å². The van der Waals surface area contributed by atoms with Crippen LogP contribution in [-0.4, -0.2) is 44.2 Å². The fourth-order valence-electron chi connectivity index (χ4n) is 3.00. The molecule has 3 rings (SSSR count). The van der Waals surface area contributed by atoms with Crippen LogP contribution in [0.5, 0.6) is 0 Å². The summed E-state index contributed by atoms with van der Waals surface area (Å²) in [6.45, 7) is 3.98. The number of aromatic nitrogens is 4. The Hall–Kier alpha value is -2.15. The summed E-state index contributed by atoms with van der Waals surface area (Å²) in [5.74, 6) is 0.508. The first-order valence-electron chi connectivity index (χ1n) is 7.98. The number of hydrogen-bond donors (Lipinski definition) is 1. The van der Waals surface area contributed by atoms with Crippen LogP contribution < -0.4 is 5.32 Å². The standard InChI is InChI=1S/C16H21ClN6O/c1-16(12-3-5-13(17)6-4-12)7-9-23(10-8-16)15(24)18-11-14-19-21-22(2)20-14/h3-6H,7-11H2,1-2H3,(H,18,24). The van der Waals surface area contributed by atoms with E-state index in [1.54, 1.807) is 7.05 Å². The molecule has 2 amide bonds. The first-order chi connectivity index (χ1) is 11.5. The van der Waals surface area contributed by atoms with Gasteiger partial charge in [0.15, 0.2) is 5.82 Å². The van der Waals surface area contributed by atoms with Crippen molar-refractivity contribution < 1.29 is 4.79 Å². The number of amides is 2. The molecule has 0 aliphatic carbocycles. The second kappa shape index (κ2) is 6.76. The van der Waals surface area contributed by atoms with Gasteiger partial charge in [-0.15, -0.1) is 10.2 Å². The number of halogens is 1. The highest BCUT2D eigenvalue weighted by Crippen LogP contribution is 2.35. The highest BCUT2D eigenvalue weighted by Gasteiger charge is 2.33. The molecule has 2 aromatic rings. The summed E-state index contributed by atoms with van der Waals surface area (Å²) in [5.41, 5.74) is 1.35. The molecule has 1 aromatic carbocycles. The molecule has 8 heteroatoms. The fraction of sp³-hybridized carbons (Fsp3) is 0.500. The Bertz CT molecular complexity index is 706. The van der Waals surface area contributed by atoms with Gasteiger partial charge in [0.1, 0.15) is 0 Å². The van der Waals surface area contributed by atoms with Gasteiger partial charge in [0.05, 0.1) is 13.6 Å². The van der Waals surface area contributed by atoms with Crippen LogP contribution in [0.3, 0.4) is 0 Å². The van der Waals surface area contributed by atoms with E-state index >= 15 is 0 Å². The smallest absolute Gasteiger partial charge is 0.317 e. The number of nitrogens with one attached hydrogen (secondary N) is 1. The van der Waals surface area contributed by atoms with E-state index in [0.29, 0.717) is 5.82 Å². The van der Waals surface area contributed by atoms with Gasteiger partial charge in [-0.3, -0.25) is 0 Å². The maximum atomic E-state index is 12.3. The molecule has 1 fully saturated rings. The van der Waals surface area contributed by atoms with E-state index in [-0.39, 0.29) is 18.0 Å². The van der Waals surface area contributed by atoms with Gasteiger partial charge < -0.3 is 10.2 Å². The second-order valence-electron chi connectivity index (χ2n) is 6.41. The maximum Gasteiger partial charge on any atom is 0.317 e. The molecule has 1 aliphatic rings. The highest BCUT2D eigenvalue weighted by molar-refractivity contribution is 6.30. The minimum absolute atomic E-state index is 0.0772. The summed E-state index contributed by atoms with van der Waals surface area (Å²) >= 11 is 5.97. The molecule has 1 saturated heterocycles. The van der Waals surface area contributed by atoms with Gasteiger partial charge in [-0.05, 0) is 41.2 Å². The zero-order chi connectivity index (χ0) is 17.2. The van der Waals surface area contributed by atoms with Crippen molar-refractivity contribution in [3.8, 4) is 0 Å². The monoisotopic (exact) mass is 348 g/mol. The summed E-state index contributed by atoms with van der Waals surface area (Å²) in [6.07, 6.45) is 1.84. The van der Waals surface area contributed by atoms with Crippen LogP contribution in [-0.2, 0) is 19.0 Å². The zero-order valence-corrected chi connectivity index (χ0v) is 14.6. The quantitative estimate of drug-likeness (QED) is 0.921. The number of likely N-dealkylation sites (tertiary alicyclic amines) is 1. The predicted molar refractivity (Wildman–Crippen MR) is 90.6 cm³/mol. The SMILES string of the molecule is Cn1nnc(CNC(=O)N2CCC(C)(c3ccc(Cl)cc3)CC2)n1. The third-order valence-electron chi connectivity index (χ3n) is 4.64. The number of tetrazole rings is 1. The molecule has 0 saturated carbocycles. The molecule has 0 unspecified atom stereocenters. The number of carbonyl (C=O) groups is 1. The molecule has 128 valence electrons. The summed E-state index contributed by atoms with van der Waals surface area (Å²) in [6, 6.07) is 7.93. The minimum Gasteiger partial charge on any atom is -0.331 e. The lowest BCUT2D eigenvalue weighted by Gasteiger charge is -2.39. The van der Waals surface area contributed by atoms with E-state index in [9.17, 15) is 4.79 Å². The number of rotatable bonds is 3. The lowest BCUT2D eigenvalue weighted by molar-refractivity contribution is 0.162. The fourth-order valence-corrected chi connectivity index (χ4v) is 3.13. The number of hydrogen-bond acceptors (Lipinski definition) is 4. The van der Waals surface area contributed by atoms with Gasteiger partial charge in [-0.25, -0.2) is 4.79 Å². The number of benzene rings is 1. The van der Waals surface area contributed by atoms with Crippen LogP contribution in [0.1, 0.15) is 31.2 Å². The van der Waals surface area contributed by atoms with Crippen LogP contribution in [0.15, 0.2) is 24.3 Å². The molecule has 0 radical (unpaired) electrons. The van der Waals surface area contributed by atoms with Gasteiger partial charge in [0, 0.05) is 18.1 Å². The third-order valence-corrected chi connectivity index (χ3v) is 4.89. The largest absolute Gasteiger partial charge is 0.331 e. The Labute approximate surface area is 146 Å². The molecule has 0 spiro atoms. The van der Waals surface area contributed by atoms with E-state index in [1.807, 2.05) is 17.0 Å². The molecule has 1 N–H and O–H groups in total. The van der Waals surface area contributed by atoms with Crippen molar-refractivity contribution in [1.29, 1.82) is 0 Å². The number of piperidine rings is 1. The average Bonchev–Trinajstić information content (AvgIpc) is 2.99. The molecule has 7 nitrogen and oxygen atoms in total. The van der Waals surface area contributed by atoms with Crippen LogP contribution >= 0.6 is 11.6 Å². The maximum absolute atomic E-state index is 12.3. The lowest BCUT2D eigenvalue weighted by Crippen LogP contribution is -2.47. The molecule has 0 atom stereocenters. The molecule has 0 bridgehead atoms. The number of carbonyl (C=O) groups excluding carboxylic acids is 1. The van der Waals surface area contributed by atoms with Crippen LogP contribution in [0.25, 0.3) is 0 Å². The third kappa shape index (κ3) is 3.67. The van der Waals surface area contributed by atoms with Crippen molar-refractivity contribution in [1.82, 2.24) is 30.4 Å². The zero-order valence-electron chi connectivity index (χ0n) is 13.9. The van der Waals surface area contributed by atoms with Gasteiger partial charge in [-0.2, -0.15) is 4.80 Å². The van der Waals surface area contributed by atoms with E-state index < -0.39 is 0 Å². The van der Waals surface area contributed by atoms with Gasteiger partial charge in [0.25, 0.3) is 0 Å². The molecular formula is C16H21ClN6O. The Morgan fingerprint density at radius 1 is 1.29 bits per heavy atom. The van der Waals surface area contributed by atoms with Crippen LogP contribution in [0.4, 0.5) is 4.79 Å². The van der Waals surface area contributed by atoms with Crippen LogP contribution in [0, 0.1) is 0 Å². The Kier molecular flexibility index (Phi) is 4.71. The number of aryl methyl sites for hydroxylation is 1. The van der Waals surface area contributed by atoms with Crippen molar-refractivity contribution in [3.05, 3.63) is 40.7 Å². The summed E-state index contributed by atoms with van der Waals surface area (Å²) in [5, 5.41) is 15.3. The normalized spacial score (nSPS) is 16.9. The molecular weight excluding hydrogens is 328 g/mol. The Morgan fingerprint density at radius 2 is 1.96 bits per heavy atom.